The lowest BCUT2D eigenvalue weighted by Crippen LogP contribution is -2.01. The average Bonchev–Trinajstić information content (AvgIpc) is 2.16. The Morgan fingerprint density at radius 1 is 1.27 bits per heavy atom. The van der Waals surface area contributed by atoms with Gasteiger partial charge >= 0.3 is 0 Å². The molecule has 4 heteroatoms. The van der Waals surface area contributed by atoms with Crippen LogP contribution >= 0.6 is 15.9 Å². The van der Waals surface area contributed by atoms with Gasteiger partial charge in [0.2, 0.25) is 0 Å². The molecular formula is C11H14BrFO2. The minimum absolute atomic E-state index is 0.0826. The number of methoxy groups -OCH3 is 2. The van der Waals surface area contributed by atoms with Crippen LogP contribution in [-0.2, 0) is 0 Å². The largest absolute Gasteiger partial charge is 0.493 e. The predicted molar refractivity (Wildman–Crippen MR) is 61.3 cm³/mol. The van der Waals surface area contributed by atoms with Crippen molar-refractivity contribution < 1.29 is 13.9 Å². The molecule has 1 aromatic carbocycles. The zero-order chi connectivity index (χ0) is 11.6. The summed E-state index contributed by atoms with van der Waals surface area (Å²) < 4.78 is 24.7. The first-order valence-electron chi connectivity index (χ1n) is 4.62. The van der Waals surface area contributed by atoms with Crippen molar-refractivity contribution in [3.63, 3.8) is 0 Å². The van der Waals surface area contributed by atoms with E-state index in [-0.39, 0.29) is 17.5 Å². The third kappa shape index (κ3) is 2.25. The minimum Gasteiger partial charge on any atom is -0.493 e. The Morgan fingerprint density at radius 2 is 1.87 bits per heavy atom. The van der Waals surface area contributed by atoms with Gasteiger partial charge in [-0.3, -0.25) is 0 Å². The van der Waals surface area contributed by atoms with E-state index in [2.05, 4.69) is 15.9 Å². The topological polar surface area (TPSA) is 18.5 Å². The smallest absolute Gasteiger partial charge is 0.197 e. The van der Waals surface area contributed by atoms with E-state index in [1.807, 2.05) is 13.8 Å². The van der Waals surface area contributed by atoms with Crippen LogP contribution in [0, 0.1) is 5.82 Å². The van der Waals surface area contributed by atoms with Gasteiger partial charge in [0.1, 0.15) is 0 Å². The number of ether oxygens (including phenoxy) is 2. The van der Waals surface area contributed by atoms with Gasteiger partial charge in [0.25, 0.3) is 0 Å². The molecule has 0 heterocycles. The molecule has 0 amide bonds. The second kappa shape index (κ2) is 4.84. The highest BCUT2D eigenvalue weighted by Crippen LogP contribution is 2.39. The molecule has 0 saturated carbocycles. The fourth-order valence-electron chi connectivity index (χ4n) is 1.46. The summed E-state index contributed by atoms with van der Waals surface area (Å²) in [6.07, 6.45) is 0. The van der Waals surface area contributed by atoms with Crippen molar-refractivity contribution in [2.45, 2.75) is 19.8 Å². The molecule has 0 radical (unpaired) electrons. The van der Waals surface area contributed by atoms with Crippen LogP contribution in [-0.4, -0.2) is 14.2 Å². The van der Waals surface area contributed by atoms with E-state index in [0.717, 1.165) is 0 Å². The van der Waals surface area contributed by atoms with Gasteiger partial charge in [-0.25, -0.2) is 4.39 Å². The maximum atomic E-state index is 14.0. The molecule has 0 fully saturated rings. The summed E-state index contributed by atoms with van der Waals surface area (Å²) in [4.78, 5) is 0. The molecule has 0 unspecified atom stereocenters. The summed E-state index contributed by atoms with van der Waals surface area (Å²) in [5.74, 6) is 0.272. The molecule has 84 valence electrons. The van der Waals surface area contributed by atoms with Crippen molar-refractivity contribution in [2.24, 2.45) is 0 Å². The Kier molecular flexibility index (Phi) is 3.97. The quantitative estimate of drug-likeness (QED) is 0.838. The summed E-state index contributed by atoms with van der Waals surface area (Å²) in [6, 6.07) is 1.72. The van der Waals surface area contributed by atoms with Crippen LogP contribution in [0.2, 0.25) is 0 Å². The molecule has 2 nitrogen and oxygen atoms in total. The summed E-state index contributed by atoms with van der Waals surface area (Å²) in [5, 5.41) is 0. The monoisotopic (exact) mass is 276 g/mol. The predicted octanol–water partition coefficient (Wildman–Crippen LogP) is 3.73. The van der Waals surface area contributed by atoms with Crippen LogP contribution < -0.4 is 9.47 Å². The third-order valence-electron chi connectivity index (χ3n) is 2.18. The van der Waals surface area contributed by atoms with Crippen molar-refractivity contribution in [1.29, 1.82) is 0 Å². The van der Waals surface area contributed by atoms with Gasteiger partial charge in [-0.15, -0.1) is 0 Å². The fourth-order valence-corrected chi connectivity index (χ4v) is 2.30. The number of halogens is 2. The number of benzene rings is 1. The summed E-state index contributed by atoms with van der Waals surface area (Å²) >= 11 is 3.33. The molecule has 0 atom stereocenters. The lowest BCUT2D eigenvalue weighted by Gasteiger charge is -2.15. The lowest BCUT2D eigenvalue weighted by molar-refractivity contribution is 0.335. The van der Waals surface area contributed by atoms with E-state index >= 15 is 0 Å². The maximum absolute atomic E-state index is 14.0. The Morgan fingerprint density at radius 3 is 2.27 bits per heavy atom. The molecule has 1 rings (SSSR count). The van der Waals surface area contributed by atoms with Gasteiger partial charge in [-0.1, -0.05) is 29.8 Å². The molecule has 15 heavy (non-hydrogen) atoms. The standard InChI is InChI=1S/C11H14BrFO2/c1-6(2)9-7(12)5-8(14-3)11(15-4)10(9)13/h5-6H,1-4H3. The first kappa shape index (κ1) is 12.3. The normalized spacial score (nSPS) is 10.6. The zero-order valence-corrected chi connectivity index (χ0v) is 10.8. The highest BCUT2D eigenvalue weighted by molar-refractivity contribution is 9.10. The number of rotatable bonds is 3. The van der Waals surface area contributed by atoms with Crippen LogP contribution in [0.25, 0.3) is 0 Å². The molecule has 0 saturated heterocycles. The summed E-state index contributed by atoms with van der Waals surface area (Å²) in [7, 11) is 2.91. The highest BCUT2D eigenvalue weighted by Gasteiger charge is 2.20. The van der Waals surface area contributed by atoms with Crippen LogP contribution in [0.4, 0.5) is 4.39 Å². The van der Waals surface area contributed by atoms with Crippen LogP contribution in [0.15, 0.2) is 10.5 Å². The maximum Gasteiger partial charge on any atom is 0.197 e. The molecular weight excluding hydrogens is 263 g/mol. The van der Waals surface area contributed by atoms with Gasteiger partial charge in [0, 0.05) is 10.0 Å². The van der Waals surface area contributed by atoms with Crippen molar-refractivity contribution in [2.75, 3.05) is 14.2 Å². The van der Waals surface area contributed by atoms with Crippen molar-refractivity contribution in [1.82, 2.24) is 0 Å². The molecule has 0 spiro atoms. The van der Waals surface area contributed by atoms with E-state index in [9.17, 15) is 4.39 Å². The van der Waals surface area contributed by atoms with E-state index in [0.29, 0.717) is 15.8 Å². The molecule has 0 aliphatic rings. The van der Waals surface area contributed by atoms with E-state index < -0.39 is 0 Å². The SMILES string of the molecule is COc1cc(Br)c(C(C)C)c(F)c1OC. The first-order chi connectivity index (χ1) is 7.02. The number of hydrogen-bond donors (Lipinski definition) is 0. The molecule has 0 aromatic heterocycles. The highest BCUT2D eigenvalue weighted by atomic mass is 79.9. The average molecular weight is 277 g/mol. The van der Waals surface area contributed by atoms with E-state index in [4.69, 9.17) is 9.47 Å². The van der Waals surface area contributed by atoms with E-state index in [1.165, 1.54) is 14.2 Å². The van der Waals surface area contributed by atoms with Gasteiger partial charge in [-0.2, -0.15) is 0 Å². The second-order valence-electron chi connectivity index (χ2n) is 3.48. The number of hydrogen-bond acceptors (Lipinski definition) is 2. The van der Waals surface area contributed by atoms with Crippen molar-refractivity contribution in [3.05, 3.63) is 21.9 Å². The minimum atomic E-state index is -0.362. The van der Waals surface area contributed by atoms with Gasteiger partial charge in [0.05, 0.1) is 14.2 Å². The molecule has 0 bridgehead atoms. The van der Waals surface area contributed by atoms with Gasteiger partial charge < -0.3 is 9.47 Å². The van der Waals surface area contributed by atoms with Gasteiger partial charge in [0.15, 0.2) is 17.3 Å². The second-order valence-corrected chi connectivity index (χ2v) is 4.33. The Hall–Kier alpha value is -0.770. The van der Waals surface area contributed by atoms with Crippen molar-refractivity contribution >= 4 is 15.9 Å². The van der Waals surface area contributed by atoms with Crippen LogP contribution in [0.3, 0.4) is 0 Å². The van der Waals surface area contributed by atoms with Crippen LogP contribution in [0.5, 0.6) is 11.5 Å². The van der Waals surface area contributed by atoms with Gasteiger partial charge in [-0.05, 0) is 12.0 Å². The molecule has 0 aliphatic carbocycles. The Labute approximate surface area is 97.5 Å². The van der Waals surface area contributed by atoms with E-state index in [1.54, 1.807) is 6.07 Å². The first-order valence-corrected chi connectivity index (χ1v) is 5.42. The Balaban J connectivity index is 3.44. The summed E-state index contributed by atoms with van der Waals surface area (Å²) in [5.41, 5.74) is 0.604. The lowest BCUT2D eigenvalue weighted by atomic mass is 10.0. The fraction of sp³-hybridized carbons (Fsp3) is 0.455. The van der Waals surface area contributed by atoms with Crippen LogP contribution in [0.1, 0.15) is 25.3 Å². The molecule has 0 aliphatic heterocycles. The molecule has 0 N–H and O–H groups in total. The third-order valence-corrected chi connectivity index (χ3v) is 2.83. The Bertz CT molecular complexity index is 364. The van der Waals surface area contributed by atoms with Crippen molar-refractivity contribution in [3.8, 4) is 11.5 Å². The summed E-state index contributed by atoms with van der Waals surface area (Å²) in [6.45, 7) is 3.85. The zero-order valence-electron chi connectivity index (χ0n) is 9.23. The molecule has 1 aromatic rings.